The van der Waals surface area contributed by atoms with E-state index in [2.05, 4.69) is 5.32 Å². The summed E-state index contributed by atoms with van der Waals surface area (Å²) in [4.78, 5) is 25.6. The second-order valence-electron chi connectivity index (χ2n) is 6.05. The number of thioether (sulfide) groups is 1. The summed E-state index contributed by atoms with van der Waals surface area (Å²) in [5, 5.41) is 4.85. The van der Waals surface area contributed by atoms with Gasteiger partial charge in [0.05, 0.1) is 12.8 Å². The molecule has 0 radical (unpaired) electrons. The number of carbonyl (C=O) groups is 2. The number of hydrogen-bond donors (Lipinski definition) is 1. The molecule has 3 aromatic rings. The molecule has 1 aliphatic heterocycles. The van der Waals surface area contributed by atoms with Crippen LogP contribution in [0.5, 0.6) is 5.75 Å². The van der Waals surface area contributed by atoms with E-state index in [1.807, 2.05) is 30.3 Å². The van der Waals surface area contributed by atoms with Crippen LogP contribution in [0.1, 0.15) is 6.42 Å². The fraction of sp³-hybridized carbons (Fsp3) is 0.263. The number of amides is 2. The summed E-state index contributed by atoms with van der Waals surface area (Å²) in [6, 6.07) is 11.4. The average Bonchev–Trinajstić information content (AvgIpc) is 3.21. The predicted octanol–water partition coefficient (Wildman–Crippen LogP) is 4.09. The summed E-state index contributed by atoms with van der Waals surface area (Å²) >= 11 is 1.29. The number of ether oxygens (including phenoxy) is 1. The van der Waals surface area contributed by atoms with Crippen molar-refractivity contribution in [1.29, 1.82) is 0 Å². The molecule has 0 aliphatic carbocycles. The quantitative estimate of drug-likeness (QED) is 0.732. The van der Waals surface area contributed by atoms with Crippen LogP contribution in [0.4, 0.5) is 10.5 Å². The van der Waals surface area contributed by atoms with Crippen molar-refractivity contribution in [2.45, 2.75) is 6.42 Å². The highest BCUT2D eigenvalue weighted by Gasteiger charge is 2.21. The molecule has 1 N–H and O–H groups in total. The average molecular weight is 370 g/mol. The molecule has 1 aromatic heterocycles. The molecule has 2 aromatic carbocycles. The molecule has 2 heterocycles. The highest BCUT2D eigenvalue weighted by atomic mass is 32.2. The van der Waals surface area contributed by atoms with Gasteiger partial charge in [-0.05, 0) is 12.1 Å². The summed E-state index contributed by atoms with van der Waals surface area (Å²) in [5.74, 6) is 1.20. The van der Waals surface area contributed by atoms with Crippen molar-refractivity contribution in [3.63, 3.8) is 0 Å². The van der Waals surface area contributed by atoms with Crippen molar-refractivity contribution >= 4 is 50.5 Å². The van der Waals surface area contributed by atoms with Crippen LogP contribution in [0.15, 0.2) is 40.8 Å². The van der Waals surface area contributed by atoms with Crippen LogP contribution < -0.4 is 10.1 Å². The molecule has 6 nitrogen and oxygen atoms in total. The Balaban J connectivity index is 1.56. The van der Waals surface area contributed by atoms with Crippen LogP contribution in [-0.2, 0) is 4.79 Å². The molecule has 26 heavy (non-hydrogen) atoms. The van der Waals surface area contributed by atoms with Gasteiger partial charge in [-0.3, -0.25) is 9.59 Å². The minimum atomic E-state index is -0.163. The van der Waals surface area contributed by atoms with Gasteiger partial charge < -0.3 is 19.4 Å². The first kappa shape index (κ1) is 16.8. The lowest BCUT2D eigenvalue weighted by molar-refractivity contribution is -0.116. The number of rotatable bonds is 5. The molecular weight excluding hydrogens is 352 g/mol. The third-order valence-corrected chi connectivity index (χ3v) is 5.32. The number of fused-ring (bicyclic) bond motifs is 3. The number of furan rings is 1. The Morgan fingerprint density at radius 3 is 2.88 bits per heavy atom. The summed E-state index contributed by atoms with van der Waals surface area (Å²) in [6.45, 7) is 1.12. The van der Waals surface area contributed by atoms with E-state index >= 15 is 0 Å². The maximum Gasteiger partial charge on any atom is 0.281 e. The van der Waals surface area contributed by atoms with Crippen LogP contribution >= 0.6 is 11.8 Å². The summed E-state index contributed by atoms with van der Waals surface area (Å²) < 4.78 is 11.3. The number of methoxy groups -OCH3 is 1. The largest absolute Gasteiger partial charge is 0.495 e. The van der Waals surface area contributed by atoms with Crippen LogP contribution in [0.2, 0.25) is 0 Å². The molecule has 1 fully saturated rings. The van der Waals surface area contributed by atoms with E-state index in [1.165, 1.54) is 11.8 Å². The lowest BCUT2D eigenvalue weighted by atomic mass is 10.1. The SMILES string of the molecule is COc1cc2c(cc1NC(=O)CCN1CCSC1=O)oc1ccccc12. The van der Waals surface area contributed by atoms with Crippen LogP contribution in [-0.4, -0.2) is 42.0 Å². The standard InChI is InChI=1S/C19H18N2O4S/c1-24-17-10-13-12-4-2-3-5-15(12)25-16(13)11-14(17)20-18(22)6-7-21-8-9-26-19(21)23/h2-5,10-11H,6-9H2,1H3,(H,20,22). The van der Waals surface area contributed by atoms with Crippen molar-refractivity contribution in [3.8, 4) is 5.75 Å². The number of para-hydroxylation sites is 1. The summed E-state index contributed by atoms with van der Waals surface area (Å²) in [7, 11) is 1.57. The number of hydrogen-bond acceptors (Lipinski definition) is 5. The molecule has 2 amide bonds. The van der Waals surface area contributed by atoms with Crippen LogP contribution in [0, 0.1) is 0 Å². The van der Waals surface area contributed by atoms with E-state index in [4.69, 9.17) is 9.15 Å². The Morgan fingerprint density at radius 1 is 1.27 bits per heavy atom. The van der Waals surface area contributed by atoms with Crippen molar-refractivity contribution in [3.05, 3.63) is 36.4 Å². The molecule has 0 saturated carbocycles. The van der Waals surface area contributed by atoms with Gasteiger partial charge in [0, 0.05) is 42.1 Å². The fourth-order valence-corrected chi connectivity index (χ4v) is 3.95. The van der Waals surface area contributed by atoms with Crippen molar-refractivity contribution in [1.82, 2.24) is 4.90 Å². The summed E-state index contributed by atoms with van der Waals surface area (Å²) in [5.41, 5.74) is 2.04. The van der Waals surface area contributed by atoms with Gasteiger partial charge in [-0.15, -0.1) is 0 Å². The minimum Gasteiger partial charge on any atom is -0.495 e. The van der Waals surface area contributed by atoms with Crippen molar-refractivity contribution in [2.75, 3.05) is 31.3 Å². The monoisotopic (exact) mass is 370 g/mol. The Morgan fingerprint density at radius 2 is 2.12 bits per heavy atom. The number of carbonyl (C=O) groups excluding carboxylic acids is 2. The normalized spacial score (nSPS) is 14.3. The molecule has 0 spiro atoms. The van der Waals surface area contributed by atoms with Gasteiger partial charge in [-0.25, -0.2) is 0 Å². The molecule has 0 atom stereocenters. The molecule has 0 unspecified atom stereocenters. The first-order valence-electron chi connectivity index (χ1n) is 8.36. The fourth-order valence-electron chi connectivity index (χ4n) is 3.10. The summed E-state index contributed by atoms with van der Waals surface area (Å²) in [6.07, 6.45) is 0.244. The maximum atomic E-state index is 12.3. The first-order chi connectivity index (χ1) is 12.7. The van der Waals surface area contributed by atoms with Crippen LogP contribution in [0.3, 0.4) is 0 Å². The van der Waals surface area contributed by atoms with E-state index in [0.717, 1.165) is 22.1 Å². The Bertz CT molecular complexity index is 998. The molecule has 1 saturated heterocycles. The zero-order valence-electron chi connectivity index (χ0n) is 14.3. The maximum absolute atomic E-state index is 12.3. The third-order valence-electron chi connectivity index (χ3n) is 4.43. The number of nitrogens with zero attached hydrogens (tertiary/aromatic N) is 1. The molecule has 7 heteroatoms. The lowest BCUT2D eigenvalue weighted by Gasteiger charge is -2.15. The van der Waals surface area contributed by atoms with E-state index in [1.54, 1.807) is 18.1 Å². The zero-order chi connectivity index (χ0) is 18.1. The predicted molar refractivity (Wildman–Crippen MR) is 103 cm³/mol. The van der Waals surface area contributed by atoms with Crippen molar-refractivity contribution in [2.24, 2.45) is 0 Å². The minimum absolute atomic E-state index is 0.0408. The van der Waals surface area contributed by atoms with Gasteiger partial charge in [0.2, 0.25) is 5.91 Å². The second kappa shape index (κ2) is 6.92. The topological polar surface area (TPSA) is 71.8 Å². The van der Waals surface area contributed by atoms with Crippen molar-refractivity contribution < 1.29 is 18.7 Å². The number of anilines is 1. The Labute approximate surface area is 154 Å². The molecule has 134 valence electrons. The molecule has 1 aliphatic rings. The van der Waals surface area contributed by atoms with Gasteiger partial charge in [-0.1, -0.05) is 30.0 Å². The highest BCUT2D eigenvalue weighted by molar-refractivity contribution is 8.13. The number of benzene rings is 2. The van der Waals surface area contributed by atoms with Gasteiger partial charge in [-0.2, -0.15) is 0 Å². The van der Waals surface area contributed by atoms with Gasteiger partial charge in [0.1, 0.15) is 16.9 Å². The molecule has 4 rings (SSSR count). The van der Waals surface area contributed by atoms with E-state index in [0.29, 0.717) is 30.1 Å². The van der Waals surface area contributed by atoms with Gasteiger partial charge in [0.25, 0.3) is 5.24 Å². The van der Waals surface area contributed by atoms with E-state index in [-0.39, 0.29) is 17.6 Å². The smallest absolute Gasteiger partial charge is 0.281 e. The highest BCUT2D eigenvalue weighted by Crippen LogP contribution is 2.36. The first-order valence-corrected chi connectivity index (χ1v) is 9.35. The Kier molecular flexibility index (Phi) is 4.46. The van der Waals surface area contributed by atoms with E-state index in [9.17, 15) is 9.59 Å². The molecular formula is C19H18N2O4S. The van der Waals surface area contributed by atoms with Gasteiger partial charge >= 0.3 is 0 Å². The number of nitrogens with one attached hydrogen (secondary N) is 1. The van der Waals surface area contributed by atoms with Gasteiger partial charge in [0.15, 0.2) is 0 Å². The third kappa shape index (κ3) is 3.10. The lowest BCUT2D eigenvalue weighted by Crippen LogP contribution is -2.27. The van der Waals surface area contributed by atoms with Crippen LogP contribution in [0.25, 0.3) is 21.9 Å². The molecule has 0 bridgehead atoms. The Hall–Kier alpha value is -2.67. The zero-order valence-corrected chi connectivity index (χ0v) is 15.1. The van der Waals surface area contributed by atoms with E-state index < -0.39 is 0 Å². The second-order valence-corrected chi connectivity index (χ2v) is 7.09.